The van der Waals surface area contributed by atoms with Crippen LogP contribution in [0.5, 0.6) is 0 Å². The standard InChI is InChI=1S/C6H18N4O2/c7-1-2-10(12)6(4-11)5(9)3-8/h5-6,11-12H,1-4,7-9H2. The quantitative estimate of drug-likeness (QED) is 0.282. The molecule has 0 heterocycles. The van der Waals surface area contributed by atoms with E-state index in [2.05, 4.69) is 0 Å². The van der Waals surface area contributed by atoms with Gasteiger partial charge in [0.1, 0.15) is 0 Å². The van der Waals surface area contributed by atoms with Gasteiger partial charge in [-0.1, -0.05) is 0 Å². The molecule has 0 aromatic heterocycles. The van der Waals surface area contributed by atoms with Gasteiger partial charge in [-0.25, -0.2) is 0 Å². The summed E-state index contributed by atoms with van der Waals surface area (Å²) in [5.41, 5.74) is 16.0. The van der Waals surface area contributed by atoms with E-state index in [1.54, 1.807) is 0 Å². The van der Waals surface area contributed by atoms with Gasteiger partial charge in [0, 0.05) is 25.7 Å². The van der Waals surface area contributed by atoms with Gasteiger partial charge in [0.05, 0.1) is 12.6 Å². The van der Waals surface area contributed by atoms with Crippen molar-refractivity contribution in [2.24, 2.45) is 17.2 Å². The number of nitrogens with zero attached hydrogens (tertiary/aromatic N) is 1. The van der Waals surface area contributed by atoms with Crippen molar-refractivity contribution in [1.29, 1.82) is 0 Å². The molecule has 0 radical (unpaired) electrons. The van der Waals surface area contributed by atoms with Crippen LogP contribution >= 0.6 is 0 Å². The first-order valence-electron chi connectivity index (χ1n) is 3.89. The molecule has 0 saturated heterocycles. The molecule has 0 aliphatic carbocycles. The SMILES string of the molecule is NCCN(O)C(CO)C(N)CN. The summed E-state index contributed by atoms with van der Waals surface area (Å²) in [4.78, 5) is 0. The zero-order valence-electron chi connectivity index (χ0n) is 7.06. The van der Waals surface area contributed by atoms with Crippen molar-refractivity contribution in [2.75, 3.05) is 26.2 Å². The Labute approximate surface area is 71.9 Å². The van der Waals surface area contributed by atoms with Crippen LogP contribution in [0.1, 0.15) is 0 Å². The number of hydroxylamine groups is 2. The first-order chi connectivity index (χ1) is 5.67. The van der Waals surface area contributed by atoms with Crippen LogP contribution in [0.15, 0.2) is 0 Å². The van der Waals surface area contributed by atoms with Crippen LogP contribution < -0.4 is 17.2 Å². The van der Waals surface area contributed by atoms with E-state index in [1.165, 1.54) is 0 Å². The second-order valence-electron chi connectivity index (χ2n) is 2.60. The van der Waals surface area contributed by atoms with Gasteiger partial charge in [-0.05, 0) is 0 Å². The fraction of sp³-hybridized carbons (Fsp3) is 1.00. The van der Waals surface area contributed by atoms with Gasteiger partial charge in [0.2, 0.25) is 0 Å². The van der Waals surface area contributed by atoms with E-state index in [0.29, 0.717) is 6.54 Å². The summed E-state index contributed by atoms with van der Waals surface area (Å²) in [7, 11) is 0. The van der Waals surface area contributed by atoms with Crippen molar-refractivity contribution in [3.63, 3.8) is 0 Å². The van der Waals surface area contributed by atoms with Crippen molar-refractivity contribution in [2.45, 2.75) is 12.1 Å². The predicted molar refractivity (Wildman–Crippen MR) is 45.5 cm³/mol. The minimum atomic E-state index is -0.529. The molecule has 0 aromatic rings. The van der Waals surface area contributed by atoms with Gasteiger partial charge in [0.25, 0.3) is 0 Å². The van der Waals surface area contributed by atoms with E-state index < -0.39 is 12.1 Å². The second kappa shape index (κ2) is 6.30. The number of hydrogen-bond acceptors (Lipinski definition) is 6. The van der Waals surface area contributed by atoms with Gasteiger partial charge in [-0.3, -0.25) is 0 Å². The largest absolute Gasteiger partial charge is 0.395 e. The Morgan fingerprint density at radius 3 is 2.25 bits per heavy atom. The molecule has 0 saturated carbocycles. The molecule has 6 heteroatoms. The van der Waals surface area contributed by atoms with Crippen LogP contribution in [0.2, 0.25) is 0 Å². The number of nitrogens with two attached hydrogens (primary N) is 3. The van der Waals surface area contributed by atoms with E-state index in [0.717, 1.165) is 5.06 Å². The Bertz CT molecular complexity index is 114. The molecule has 0 spiro atoms. The summed E-state index contributed by atoms with van der Waals surface area (Å²) in [6.07, 6.45) is 0. The molecule has 8 N–H and O–H groups in total. The number of aliphatic hydroxyl groups is 1. The second-order valence-corrected chi connectivity index (χ2v) is 2.60. The molecule has 2 atom stereocenters. The summed E-state index contributed by atoms with van der Waals surface area (Å²) in [5.74, 6) is 0. The highest BCUT2D eigenvalue weighted by Crippen LogP contribution is 1.97. The van der Waals surface area contributed by atoms with E-state index in [-0.39, 0.29) is 19.7 Å². The van der Waals surface area contributed by atoms with Crippen molar-refractivity contribution >= 4 is 0 Å². The van der Waals surface area contributed by atoms with Gasteiger partial charge in [-0.2, -0.15) is 5.06 Å². The van der Waals surface area contributed by atoms with Crippen LogP contribution in [0.4, 0.5) is 0 Å². The van der Waals surface area contributed by atoms with Gasteiger partial charge in [-0.15, -0.1) is 0 Å². The molecule has 0 aromatic carbocycles. The monoisotopic (exact) mass is 178 g/mol. The van der Waals surface area contributed by atoms with E-state index >= 15 is 0 Å². The molecule has 74 valence electrons. The summed E-state index contributed by atoms with van der Waals surface area (Å²) in [5, 5.41) is 19.0. The Morgan fingerprint density at radius 2 is 1.92 bits per heavy atom. The molecule has 0 rings (SSSR count). The number of aliphatic hydroxyl groups excluding tert-OH is 1. The smallest absolute Gasteiger partial charge is 0.0744 e. The van der Waals surface area contributed by atoms with Crippen molar-refractivity contribution in [3.8, 4) is 0 Å². The molecule has 0 bridgehead atoms. The summed E-state index contributed by atoms with van der Waals surface area (Å²) < 4.78 is 0. The average molecular weight is 178 g/mol. The molecule has 0 fully saturated rings. The summed E-state index contributed by atoms with van der Waals surface area (Å²) in [6, 6.07) is -0.968. The lowest BCUT2D eigenvalue weighted by molar-refractivity contribution is -0.140. The van der Waals surface area contributed by atoms with Crippen LogP contribution in [-0.4, -0.2) is 53.7 Å². The maximum atomic E-state index is 9.27. The van der Waals surface area contributed by atoms with E-state index in [4.69, 9.17) is 22.3 Å². The number of hydrogen-bond donors (Lipinski definition) is 5. The minimum absolute atomic E-state index is 0.215. The third-order valence-electron chi connectivity index (χ3n) is 1.69. The lowest BCUT2D eigenvalue weighted by Crippen LogP contribution is -2.53. The molecule has 6 nitrogen and oxygen atoms in total. The summed E-state index contributed by atoms with van der Waals surface area (Å²) in [6.45, 7) is 0.574. The Morgan fingerprint density at radius 1 is 1.33 bits per heavy atom. The van der Waals surface area contributed by atoms with Gasteiger partial charge >= 0.3 is 0 Å². The third kappa shape index (κ3) is 3.44. The molecule has 0 aliphatic heterocycles. The lowest BCUT2D eigenvalue weighted by atomic mass is 10.1. The fourth-order valence-corrected chi connectivity index (χ4v) is 0.906. The zero-order chi connectivity index (χ0) is 9.56. The van der Waals surface area contributed by atoms with Crippen molar-refractivity contribution < 1.29 is 10.3 Å². The van der Waals surface area contributed by atoms with E-state index in [9.17, 15) is 5.21 Å². The van der Waals surface area contributed by atoms with Crippen LogP contribution in [0.25, 0.3) is 0 Å². The minimum Gasteiger partial charge on any atom is -0.395 e. The highest BCUT2D eigenvalue weighted by molar-refractivity contribution is 4.78. The van der Waals surface area contributed by atoms with E-state index in [1.807, 2.05) is 0 Å². The first-order valence-corrected chi connectivity index (χ1v) is 3.89. The molecular formula is C6H18N4O2. The maximum Gasteiger partial charge on any atom is 0.0744 e. The fourth-order valence-electron chi connectivity index (χ4n) is 0.906. The van der Waals surface area contributed by atoms with Crippen molar-refractivity contribution in [3.05, 3.63) is 0 Å². The molecular weight excluding hydrogens is 160 g/mol. The van der Waals surface area contributed by atoms with Crippen molar-refractivity contribution in [1.82, 2.24) is 5.06 Å². The molecule has 0 amide bonds. The van der Waals surface area contributed by atoms with Gasteiger partial charge in [0.15, 0.2) is 0 Å². The predicted octanol–water partition coefficient (Wildman–Crippen LogP) is -2.72. The molecule has 0 aliphatic rings. The Balaban J connectivity index is 3.94. The van der Waals surface area contributed by atoms with Crippen LogP contribution in [0.3, 0.4) is 0 Å². The van der Waals surface area contributed by atoms with Crippen LogP contribution in [0, 0.1) is 0 Å². The first kappa shape index (κ1) is 11.8. The number of rotatable bonds is 6. The maximum absolute atomic E-state index is 9.27. The third-order valence-corrected chi connectivity index (χ3v) is 1.69. The summed E-state index contributed by atoms with van der Waals surface area (Å²) >= 11 is 0. The highest BCUT2D eigenvalue weighted by Gasteiger charge is 2.21. The molecule has 2 unspecified atom stereocenters. The topological polar surface area (TPSA) is 122 Å². The Hall–Kier alpha value is -0.240. The highest BCUT2D eigenvalue weighted by atomic mass is 16.5. The van der Waals surface area contributed by atoms with Crippen LogP contribution in [-0.2, 0) is 0 Å². The average Bonchev–Trinajstić information content (AvgIpc) is 2.06. The molecule has 12 heavy (non-hydrogen) atoms. The normalized spacial score (nSPS) is 16.5. The van der Waals surface area contributed by atoms with Gasteiger partial charge < -0.3 is 27.5 Å². The lowest BCUT2D eigenvalue weighted by Gasteiger charge is -2.28. The zero-order valence-corrected chi connectivity index (χ0v) is 7.06. The Kier molecular flexibility index (Phi) is 6.17.